The molecule has 24 heavy (non-hydrogen) atoms. The minimum Gasteiger partial charge on any atom is -0.481 e. The van der Waals surface area contributed by atoms with Crippen LogP contribution in [-0.4, -0.2) is 41.8 Å². The van der Waals surface area contributed by atoms with Gasteiger partial charge in [-0.2, -0.15) is 13.2 Å². The van der Waals surface area contributed by atoms with E-state index in [9.17, 15) is 18.0 Å². The second-order valence-electron chi connectivity index (χ2n) is 9.02. The third-order valence-electron chi connectivity index (χ3n) is 7.26. The number of nitrogens with zero attached hydrogens (tertiary/aromatic N) is 1. The quantitative estimate of drug-likeness (QED) is 0.843. The topological polar surface area (TPSA) is 40.5 Å². The molecule has 1 aliphatic heterocycles. The lowest BCUT2D eigenvalue weighted by Crippen LogP contribution is -2.47. The van der Waals surface area contributed by atoms with Gasteiger partial charge in [0.05, 0.1) is 11.8 Å². The molecule has 5 rings (SSSR count). The van der Waals surface area contributed by atoms with E-state index in [-0.39, 0.29) is 13.1 Å². The Bertz CT molecular complexity index is 484. The Morgan fingerprint density at radius 1 is 1.04 bits per heavy atom. The van der Waals surface area contributed by atoms with Crippen molar-refractivity contribution >= 4 is 5.97 Å². The van der Waals surface area contributed by atoms with Crippen LogP contribution in [0.4, 0.5) is 13.2 Å². The van der Waals surface area contributed by atoms with Gasteiger partial charge in [-0.15, -0.1) is 0 Å². The molecule has 4 bridgehead atoms. The van der Waals surface area contributed by atoms with Crippen molar-refractivity contribution in [2.45, 2.75) is 51.1 Å². The third kappa shape index (κ3) is 2.95. The van der Waals surface area contributed by atoms with E-state index in [1.54, 1.807) is 4.90 Å². The highest BCUT2D eigenvalue weighted by Gasteiger charge is 2.54. The molecule has 4 aliphatic carbocycles. The lowest BCUT2D eigenvalue weighted by atomic mass is 9.49. The highest BCUT2D eigenvalue weighted by Crippen LogP contribution is 2.61. The average Bonchev–Trinajstić information content (AvgIpc) is 2.88. The number of hydrogen-bond acceptors (Lipinski definition) is 2. The van der Waals surface area contributed by atoms with Crippen molar-refractivity contribution in [3.63, 3.8) is 0 Å². The van der Waals surface area contributed by atoms with Crippen molar-refractivity contribution in [2.24, 2.45) is 35.0 Å². The Morgan fingerprint density at radius 3 is 2.00 bits per heavy atom. The molecule has 6 heteroatoms. The zero-order valence-corrected chi connectivity index (χ0v) is 13.9. The smallest absolute Gasteiger partial charge is 0.393 e. The van der Waals surface area contributed by atoms with Gasteiger partial charge >= 0.3 is 12.1 Å². The van der Waals surface area contributed by atoms with Gasteiger partial charge in [0.1, 0.15) is 0 Å². The van der Waals surface area contributed by atoms with Gasteiger partial charge in [-0.05, 0) is 74.7 Å². The summed E-state index contributed by atoms with van der Waals surface area (Å²) < 4.78 is 39.3. The number of alkyl halides is 3. The van der Waals surface area contributed by atoms with Crippen LogP contribution >= 0.6 is 0 Å². The largest absolute Gasteiger partial charge is 0.481 e. The summed E-state index contributed by atoms with van der Waals surface area (Å²) in [6.45, 7) is 0.529. The first kappa shape index (κ1) is 16.7. The first-order valence-corrected chi connectivity index (χ1v) is 9.26. The number of carbonyl (C=O) groups is 1. The Kier molecular flexibility index (Phi) is 3.90. The monoisotopic (exact) mass is 345 g/mol. The van der Waals surface area contributed by atoms with Crippen LogP contribution in [-0.2, 0) is 4.79 Å². The van der Waals surface area contributed by atoms with Crippen molar-refractivity contribution in [3.8, 4) is 0 Å². The van der Waals surface area contributed by atoms with Crippen LogP contribution in [0, 0.1) is 35.0 Å². The molecule has 0 aromatic rings. The predicted molar refractivity (Wildman–Crippen MR) is 82.3 cm³/mol. The molecular formula is C18H26F3NO2. The van der Waals surface area contributed by atoms with E-state index in [4.69, 9.17) is 5.11 Å². The van der Waals surface area contributed by atoms with Crippen molar-refractivity contribution in [3.05, 3.63) is 0 Å². The molecule has 0 spiro atoms. The highest BCUT2D eigenvalue weighted by atomic mass is 19.4. The fourth-order valence-corrected chi connectivity index (χ4v) is 6.64. The molecule has 0 radical (unpaired) electrons. The standard InChI is InChI=1S/C18H26F3NO2/c19-18(20,21)15-10-22(9-14(15)16(23)24)2-1-17-6-11-3-12(7-17)5-13(4-11)8-17/h11-15H,1-10H2,(H,23,24)/t11?,12?,13?,14-,15-,17?/m1/s1. The van der Waals surface area contributed by atoms with Crippen molar-refractivity contribution in [1.29, 1.82) is 0 Å². The van der Waals surface area contributed by atoms with E-state index >= 15 is 0 Å². The second-order valence-corrected chi connectivity index (χ2v) is 9.02. The molecule has 0 amide bonds. The molecule has 5 fully saturated rings. The number of halogens is 3. The van der Waals surface area contributed by atoms with E-state index in [1.165, 1.54) is 38.5 Å². The molecule has 3 nitrogen and oxygen atoms in total. The molecule has 0 aromatic heterocycles. The number of aliphatic carboxylic acids is 1. The number of rotatable bonds is 4. The summed E-state index contributed by atoms with van der Waals surface area (Å²) in [5.74, 6) is -1.82. The molecule has 1 saturated heterocycles. The van der Waals surface area contributed by atoms with Crippen LogP contribution in [0.15, 0.2) is 0 Å². The van der Waals surface area contributed by atoms with Gasteiger partial charge in [0.25, 0.3) is 0 Å². The maximum absolute atomic E-state index is 13.1. The van der Waals surface area contributed by atoms with Crippen molar-refractivity contribution < 1.29 is 23.1 Å². The third-order valence-corrected chi connectivity index (χ3v) is 7.26. The molecule has 1 N–H and O–H groups in total. The minimum absolute atomic E-state index is 0.0475. The van der Waals surface area contributed by atoms with Crippen LogP contribution in [0.1, 0.15) is 44.9 Å². The number of hydrogen-bond donors (Lipinski definition) is 1. The Morgan fingerprint density at radius 2 is 1.58 bits per heavy atom. The van der Waals surface area contributed by atoms with Gasteiger partial charge in [0.15, 0.2) is 0 Å². The van der Waals surface area contributed by atoms with E-state index in [1.807, 2.05) is 0 Å². The molecule has 0 unspecified atom stereocenters. The zero-order valence-electron chi connectivity index (χ0n) is 13.9. The SMILES string of the molecule is O=C(O)[C@@H]1CN(CCC23CC4CC(CC(C4)C2)C3)C[C@H]1C(F)(F)F. The van der Waals surface area contributed by atoms with Crippen molar-refractivity contribution in [1.82, 2.24) is 4.90 Å². The van der Waals surface area contributed by atoms with Gasteiger partial charge < -0.3 is 10.0 Å². The molecule has 5 aliphatic rings. The fourth-order valence-electron chi connectivity index (χ4n) is 6.64. The Labute approximate surface area is 140 Å². The predicted octanol–water partition coefficient (Wildman–Crippen LogP) is 3.79. The summed E-state index contributed by atoms with van der Waals surface area (Å²) in [4.78, 5) is 13.0. The number of carboxylic acids is 1. The van der Waals surface area contributed by atoms with Gasteiger partial charge in [-0.1, -0.05) is 0 Å². The van der Waals surface area contributed by atoms with E-state index < -0.39 is 24.0 Å². The number of carboxylic acid groups (broad SMARTS) is 1. The summed E-state index contributed by atoms with van der Waals surface area (Å²) in [5.41, 5.74) is 0.337. The molecule has 2 atom stereocenters. The van der Waals surface area contributed by atoms with Gasteiger partial charge in [-0.25, -0.2) is 0 Å². The molecule has 0 aromatic carbocycles. The second kappa shape index (κ2) is 5.61. The summed E-state index contributed by atoms with van der Waals surface area (Å²) in [6.07, 6.45) is 4.36. The molecular weight excluding hydrogens is 319 g/mol. The summed E-state index contributed by atoms with van der Waals surface area (Å²) in [5, 5.41) is 9.14. The summed E-state index contributed by atoms with van der Waals surface area (Å²) in [7, 11) is 0. The van der Waals surface area contributed by atoms with Crippen LogP contribution in [0.5, 0.6) is 0 Å². The van der Waals surface area contributed by atoms with Gasteiger partial charge in [0.2, 0.25) is 0 Å². The van der Waals surface area contributed by atoms with Crippen LogP contribution < -0.4 is 0 Å². The Hall–Kier alpha value is -0.780. The molecule has 1 heterocycles. The minimum atomic E-state index is -4.42. The maximum Gasteiger partial charge on any atom is 0.393 e. The zero-order chi connectivity index (χ0) is 17.1. The average molecular weight is 345 g/mol. The lowest BCUT2D eigenvalue weighted by molar-refractivity contribution is -0.188. The van der Waals surface area contributed by atoms with E-state index in [0.29, 0.717) is 12.0 Å². The van der Waals surface area contributed by atoms with Crippen LogP contribution in [0.25, 0.3) is 0 Å². The van der Waals surface area contributed by atoms with E-state index in [2.05, 4.69) is 0 Å². The molecule has 4 saturated carbocycles. The first-order chi connectivity index (χ1) is 11.2. The number of likely N-dealkylation sites (tertiary alicyclic amines) is 1. The summed E-state index contributed by atoms with van der Waals surface area (Å²) >= 11 is 0. The van der Waals surface area contributed by atoms with Crippen LogP contribution in [0.3, 0.4) is 0 Å². The Balaban J connectivity index is 1.39. The lowest BCUT2D eigenvalue weighted by Gasteiger charge is -2.57. The first-order valence-electron chi connectivity index (χ1n) is 9.26. The highest BCUT2D eigenvalue weighted by molar-refractivity contribution is 5.71. The summed E-state index contributed by atoms with van der Waals surface area (Å²) in [6, 6.07) is 0. The van der Waals surface area contributed by atoms with Crippen molar-refractivity contribution in [2.75, 3.05) is 19.6 Å². The molecule has 136 valence electrons. The van der Waals surface area contributed by atoms with Gasteiger partial charge in [0, 0.05) is 13.1 Å². The maximum atomic E-state index is 13.1. The van der Waals surface area contributed by atoms with E-state index in [0.717, 1.165) is 24.2 Å². The van der Waals surface area contributed by atoms with Crippen LogP contribution in [0.2, 0.25) is 0 Å². The fraction of sp³-hybridized carbons (Fsp3) is 0.944. The normalized spacial score (nSPS) is 45.0. The van der Waals surface area contributed by atoms with Gasteiger partial charge in [-0.3, -0.25) is 4.79 Å².